The van der Waals surface area contributed by atoms with Crippen LogP contribution in [0.3, 0.4) is 0 Å². The van der Waals surface area contributed by atoms with Crippen molar-refractivity contribution in [2.75, 3.05) is 25.4 Å². The fourth-order valence-electron chi connectivity index (χ4n) is 1.34. The number of aliphatic hydroxyl groups is 1. The summed E-state index contributed by atoms with van der Waals surface area (Å²) < 4.78 is 49.2. The van der Waals surface area contributed by atoms with Gasteiger partial charge in [-0.1, -0.05) is 0 Å². The van der Waals surface area contributed by atoms with Gasteiger partial charge in [0.1, 0.15) is 10.7 Å². The lowest BCUT2D eigenvalue weighted by molar-refractivity contribution is 0.113. The Balaban J connectivity index is 3.13. The largest absolute Gasteiger partial charge is 0.395 e. The van der Waals surface area contributed by atoms with Crippen LogP contribution < -0.4 is 5.73 Å². The molecular formula is C9H13F2N3O3S. The van der Waals surface area contributed by atoms with E-state index >= 15 is 0 Å². The van der Waals surface area contributed by atoms with E-state index in [1.54, 1.807) is 0 Å². The molecule has 0 radical (unpaired) electrons. The van der Waals surface area contributed by atoms with Gasteiger partial charge in [-0.25, -0.2) is 22.2 Å². The molecule has 0 spiro atoms. The molecule has 18 heavy (non-hydrogen) atoms. The first-order valence-electron chi connectivity index (χ1n) is 4.99. The van der Waals surface area contributed by atoms with Crippen molar-refractivity contribution in [2.45, 2.75) is 11.3 Å². The number of nitrogen functional groups attached to an aromatic ring is 1. The number of rotatable bonds is 6. The SMILES string of the molecule is Nc1ncccc1S(=O)(=O)N(CCO)CC(F)F. The van der Waals surface area contributed by atoms with E-state index in [4.69, 9.17) is 10.8 Å². The van der Waals surface area contributed by atoms with Gasteiger partial charge < -0.3 is 10.8 Å². The molecule has 0 fully saturated rings. The van der Waals surface area contributed by atoms with Crippen molar-refractivity contribution in [3.63, 3.8) is 0 Å². The monoisotopic (exact) mass is 281 g/mol. The van der Waals surface area contributed by atoms with Gasteiger partial charge in [0.25, 0.3) is 6.43 Å². The zero-order valence-electron chi connectivity index (χ0n) is 9.33. The lowest BCUT2D eigenvalue weighted by atomic mass is 10.5. The van der Waals surface area contributed by atoms with E-state index in [0.29, 0.717) is 4.31 Å². The molecule has 0 aliphatic carbocycles. The van der Waals surface area contributed by atoms with E-state index in [1.807, 2.05) is 0 Å². The molecule has 0 saturated heterocycles. The van der Waals surface area contributed by atoms with Crippen molar-refractivity contribution < 1.29 is 22.3 Å². The summed E-state index contributed by atoms with van der Waals surface area (Å²) in [5.74, 6) is -0.269. The van der Waals surface area contributed by atoms with Gasteiger partial charge in [0.15, 0.2) is 0 Å². The van der Waals surface area contributed by atoms with Crippen molar-refractivity contribution in [3.8, 4) is 0 Å². The minimum absolute atomic E-state index is 0.269. The number of anilines is 1. The molecule has 0 aromatic carbocycles. The fourth-order valence-corrected chi connectivity index (χ4v) is 2.81. The number of hydrogen-bond acceptors (Lipinski definition) is 5. The minimum atomic E-state index is -4.18. The topological polar surface area (TPSA) is 96.5 Å². The molecule has 0 saturated carbocycles. The minimum Gasteiger partial charge on any atom is -0.395 e. The second-order valence-electron chi connectivity index (χ2n) is 3.36. The van der Waals surface area contributed by atoms with Crippen LogP contribution in [0.2, 0.25) is 0 Å². The van der Waals surface area contributed by atoms with Crippen molar-refractivity contribution in [2.24, 2.45) is 0 Å². The van der Waals surface area contributed by atoms with Gasteiger partial charge >= 0.3 is 0 Å². The highest BCUT2D eigenvalue weighted by Gasteiger charge is 2.28. The Labute approximate surface area is 103 Å². The maximum Gasteiger partial charge on any atom is 0.252 e. The summed E-state index contributed by atoms with van der Waals surface area (Å²) in [5.41, 5.74) is 5.40. The maximum atomic E-state index is 12.3. The summed E-state index contributed by atoms with van der Waals surface area (Å²) in [6, 6.07) is 2.51. The number of hydrogen-bond donors (Lipinski definition) is 2. The molecule has 1 aromatic heterocycles. The first kappa shape index (κ1) is 14.7. The Kier molecular flexibility index (Phi) is 4.93. The quantitative estimate of drug-likeness (QED) is 0.759. The van der Waals surface area contributed by atoms with Crippen molar-refractivity contribution in [1.29, 1.82) is 0 Å². The van der Waals surface area contributed by atoms with Gasteiger partial charge in [-0.2, -0.15) is 4.31 Å². The third-order valence-corrected chi connectivity index (χ3v) is 4.02. The lowest BCUT2D eigenvalue weighted by Crippen LogP contribution is -2.37. The van der Waals surface area contributed by atoms with Gasteiger partial charge in [0.2, 0.25) is 10.0 Å². The molecule has 0 bridgehead atoms. The van der Waals surface area contributed by atoms with Crippen LogP contribution in [0.1, 0.15) is 0 Å². The van der Waals surface area contributed by atoms with Crippen LogP contribution in [-0.2, 0) is 10.0 Å². The van der Waals surface area contributed by atoms with E-state index in [1.165, 1.54) is 18.3 Å². The van der Waals surface area contributed by atoms with Crippen LogP contribution >= 0.6 is 0 Å². The number of pyridine rings is 1. The first-order valence-corrected chi connectivity index (χ1v) is 6.43. The van der Waals surface area contributed by atoms with Crippen LogP contribution in [0, 0.1) is 0 Å². The van der Waals surface area contributed by atoms with Crippen LogP contribution in [0.25, 0.3) is 0 Å². The number of halogens is 2. The van der Waals surface area contributed by atoms with Gasteiger partial charge in [0.05, 0.1) is 13.2 Å². The summed E-state index contributed by atoms with van der Waals surface area (Å²) >= 11 is 0. The standard InChI is InChI=1S/C9H13F2N3O3S/c10-8(11)6-14(4-5-15)18(16,17)7-2-1-3-13-9(7)12/h1-3,8,15H,4-6H2,(H2,12,13). The van der Waals surface area contributed by atoms with Crippen LogP contribution in [0.15, 0.2) is 23.2 Å². The van der Waals surface area contributed by atoms with Gasteiger partial charge in [0, 0.05) is 12.7 Å². The number of aromatic nitrogens is 1. The summed E-state index contributed by atoms with van der Waals surface area (Å²) in [7, 11) is -4.18. The number of nitrogens with two attached hydrogens (primary N) is 1. The van der Waals surface area contributed by atoms with Crippen LogP contribution in [-0.4, -0.2) is 48.9 Å². The molecule has 102 valence electrons. The summed E-state index contributed by atoms with van der Waals surface area (Å²) in [6.07, 6.45) is -1.55. The zero-order chi connectivity index (χ0) is 13.8. The third-order valence-electron chi connectivity index (χ3n) is 2.11. The Bertz CT molecular complexity index is 496. The number of nitrogens with zero attached hydrogens (tertiary/aromatic N) is 2. The second kappa shape index (κ2) is 6.03. The average molecular weight is 281 g/mol. The maximum absolute atomic E-state index is 12.3. The second-order valence-corrected chi connectivity index (χ2v) is 5.27. The van der Waals surface area contributed by atoms with Crippen LogP contribution in [0.4, 0.5) is 14.6 Å². The molecule has 1 aromatic rings. The first-order chi connectivity index (χ1) is 8.39. The fraction of sp³-hybridized carbons (Fsp3) is 0.444. The van der Waals surface area contributed by atoms with E-state index in [9.17, 15) is 17.2 Å². The van der Waals surface area contributed by atoms with E-state index in [2.05, 4.69) is 4.98 Å². The molecule has 1 rings (SSSR count). The molecule has 6 nitrogen and oxygen atoms in total. The molecule has 0 amide bonds. The molecule has 0 aliphatic heterocycles. The van der Waals surface area contributed by atoms with Crippen LogP contribution in [0.5, 0.6) is 0 Å². The molecule has 1 heterocycles. The average Bonchev–Trinajstić information content (AvgIpc) is 2.28. The number of aliphatic hydroxyl groups excluding tert-OH is 1. The summed E-state index contributed by atoms with van der Waals surface area (Å²) in [6.45, 7) is -2.00. The highest BCUT2D eigenvalue weighted by Crippen LogP contribution is 2.20. The van der Waals surface area contributed by atoms with Crippen molar-refractivity contribution in [3.05, 3.63) is 18.3 Å². The Hall–Kier alpha value is -1.32. The Morgan fingerprint density at radius 2 is 2.17 bits per heavy atom. The van der Waals surface area contributed by atoms with E-state index in [0.717, 1.165) is 0 Å². The number of sulfonamides is 1. The molecule has 0 atom stereocenters. The van der Waals surface area contributed by atoms with E-state index in [-0.39, 0.29) is 10.7 Å². The zero-order valence-corrected chi connectivity index (χ0v) is 10.1. The van der Waals surface area contributed by atoms with E-state index < -0.39 is 36.1 Å². The predicted molar refractivity (Wildman–Crippen MR) is 60.5 cm³/mol. The molecular weight excluding hydrogens is 268 g/mol. The molecule has 3 N–H and O–H groups in total. The number of alkyl halides is 2. The smallest absolute Gasteiger partial charge is 0.252 e. The predicted octanol–water partition coefficient (Wildman–Crippen LogP) is -0.0881. The highest BCUT2D eigenvalue weighted by atomic mass is 32.2. The van der Waals surface area contributed by atoms with Crippen molar-refractivity contribution >= 4 is 15.8 Å². The van der Waals surface area contributed by atoms with Crippen molar-refractivity contribution in [1.82, 2.24) is 9.29 Å². The third kappa shape index (κ3) is 3.34. The highest BCUT2D eigenvalue weighted by molar-refractivity contribution is 7.89. The lowest BCUT2D eigenvalue weighted by Gasteiger charge is -2.21. The normalized spacial score (nSPS) is 12.3. The molecule has 0 aliphatic rings. The summed E-state index contributed by atoms with van der Waals surface area (Å²) in [5, 5.41) is 8.73. The Morgan fingerprint density at radius 1 is 1.50 bits per heavy atom. The summed E-state index contributed by atoms with van der Waals surface area (Å²) in [4.78, 5) is 3.24. The molecule has 0 unspecified atom stereocenters. The van der Waals surface area contributed by atoms with Gasteiger partial charge in [-0.15, -0.1) is 0 Å². The Morgan fingerprint density at radius 3 is 2.67 bits per heavy atom. The molecule has 9 heteroatoms. The van der Waals surface area contributed by atoms with Gasteiger partial charge in [-0.05, 0) is 12.1 Å². The van der Waals surface area contributed by atoms with Gasteiger partial charge in [-0.3, -0.25) is 0 Å².